The van der Waals surface area contributed by atoms with Gasteiger partial charge in [-0.15, -0.1) is 0 Å². The van der Waals surface area contributed by atoms with E-state index in [0.717, 1.165) is 12.0 Å². The first kappa shape index (κ1) is 21.7. The molecule has 0 saturated carbocycles. The highest BCUT2D eigenvalue weighted by atomic mass is 32.1. The minimum absolute atomic E-state index is 0.234. The van der Waals surface area contributed by atoms with Crippen LogP contribution in [-0.4, -0.2) is 29.2 Å². The average Bonchev–Trinajstić information content (AvgIpc) is 3.11. The minimum atomic E-state index is -0.706. The van der Waals surface area contributed by atoms with Crippen LogP contribution in [0.15, 0.2) is 69.8 Å². The summed E-state index contributed by atoms with van der Waals surface area (Å²) in [6, 6.07) is 10.4. The molecule has 0 fully saturated rings. The van der Waals surface area contributed by atoms with Crippen molar-refractivity contribution in [3.63, 3.8) is 0 Å². The molecule has 1 unspecified atom stereocenters. The van der Waals surface area contributed by atoms with Crippen molar-refractivity contribution in [3.05, 3.63) is 90.9 Å². The molecule has 0 aliphatic carbocycles. The Labute approximate surface area is 189 Å². The molecule has 8 heteroatoms. The predicted molar refractivity (Wildman–Crippen MR) is 122 cm³/mol. The van der Waals surface area contributed by atoms with E-state index in [4.69, 9.17) is 9.47 Å². The van der Waals surface area contributed by atoms with Crippen LogP contribution in [-0.2, 0) is 9.53 Å². The molecule has 0 saturated heterocycles. The maximum atomic E-state index is 13.5. The largest absolute Gasteiger partial charge is 0.493 e. The lowest BCUT2D eigenvalue weighted by Gasteiger charge is -2.26. The summed E-state index contributed by atoms with van der Waals surface area (Å²) < 4.78 is 13.1. The number of methoxy groups -OCH3 is 1. The zero-order chi connectivity index (χ0) is 22.7. The Kier molecular flexibility index (Phi) is 6.32. The Hall–Kier alpha value is -3.52. The van der Waals surface area contributed by atoms with Crippen LogP contribution in [0.5, 0.6) is 5.75 Å². The molecule has 164 valence electrons. The lowest BCUT2D eigenvalue weighted by atomic mass is 9.95. The van der Waals surface area contributed by atoms with Crippen molar-refractivity contribution < 1.29 is 14.3 Å². The van der Waals surface area contributed by atoms with Gasteiger partial charge >= 0.3 is 5.97 Å². The number of thiazole rings is 1. The Morgan fingerprint density at radius 3 is 2.78 bits per heavy atom. The highest BCUT2D eigenvalue weighted by Crippen LogP contribution is 2.35. The summed E-state index contributed by atoms with van der Waals surface area (Å²) in [5.41, 5.74) is 2.12. The molecular formula is C24H23N3O4S. The molecular weight excluding hydrogens is 426 g/mol. The van der Waals surface area contributed by atoms with Gasteiger partial charge < -0.3 is 9.47 Å². The van der Waals surface area contributed by atoms with Gasteiger partial charge in [0.15, 0.2) is 4.80 Å². The maximum absolute atomic E-state index is 13.5. The van der Waals surface area contributed by atoms with Crippen LogP contribution in [0, 0.1) is 0 Å². The molecule has 0 amide bonds. The second-order valence-corrected chi connectivity index (χ2v) is 8.26. The number of para-hydroxylation sites is 1. The van der Waals surface area contributed by atoms with Crippen LogP contribution in [0.3, 0.4) is 0 Å². The SMILES string of the molecule is CCCOc1ccccc1C1C(C(=O)OC)=C(C)N=c2s/c(=C/c3cccnc3)c(=O)n21. The van der Waals surface area contributed by atoms with Gasteiger partial charge in [0.1, 0.15) is 11.8 Å². The molecule has 4 rings (SSSR count). The van der Waals surface area contributed by atoms with E-state index in [1.807, 2.05) is 43.3 Å². The summed E-state index contributed by atoms with van der Waals surface area (Å²) in [5.74, 6) is 0.0976. The number of carbonyl (C=O) groups is 1. The fourth-order valence-electron chi connectivity index (χ4n) is 3.65. The topological polar surface area (TPSA) is 82.8 Å². The summed E-state index contributed by atoms with van der Waals surface area (Å²) in [7, 11) is 1.33. The van der Waals surface area contributed by atoms with Crippen molar-refractivity contribution in [1.82, 2.24) is 9.55 Å². The first-order chi connectivity index (χ1) is 15.5. The van der Waals surface area contributed by atoms with E-state index in [9.17, 15) is 9.59 Å². The van der Waals surface area contributed by atoms with E-state index >= 15 is 0 Å². The Morgan fingerprint density at radius 2 is 2.06 bits per heavy atom. The van der Waals surface area contributed by atoms with Crippen LogP contribution in [0.25, 0.3) is 6.08 Å². The number of hydrogen-bond donors (Lipinski definition) is 0. The number of rotatable bonds is 6. The smallest absolute Gasteiger partial charge is 0.338 e. The molecule has 1 atom stereocenters. The van der Waals surface area contributed by atoms with Crippen molar-refractivity contribution in [2.24, 2.45) is 4.99 Å². The molecule has 32 heavy (non-hydrogen) atoms. The molecule has 7 nitrogen and oxygen atoms in total. The molecule has 1 aromatic carbocycles. The molecule has 0 bridgehead atoms. The van der Waals surface area contributed by atoms with Crippen LogP contribution in [0.4, 0.5) is 0 Å². The summed E-state index contributed by atoms with van der Waals surface area (Å²) in [6.07, 6.45) is 5.98. The van der Waals surface area contributed by atoms with Crippen molar-refractivity contribution in [2.45, 2.75) is 26.3 Å². The fraction of sp³-hybridized carbons (Fsp3) is 0.250. The van der Waals surface area contributed by atoms with E-state index in [-0.39, 0.29) is 5.56 Å². The molecule has 3 heterocycles. The van der Waals surface area contributed by atoms with Gasteiger partial charge in [0.2, 0.25) is 0 Å². The molecule has 0 radical (unpaired) electrons. The Bertz CT molecular complexity index is 1360. The third-order valence-electron chi connectivity index (χ3n) is 5.08. The zero-order valence-electron chi connectivity index (χ0n) is 18.1. The number of benzene rings is 1. The van der Waals surface area contributed by atoms with Crippen molar-refractivity contribution in [1.29, 1.82) is 0 Å². The van der Waals surface area contributed by atoms with Crippen LogP contribution in [0.2, 0.25) is 0 Å². The van der Waals surface area contributed by atoms with E-state index in [0.29, 0.717) is 38.5 Å². The molecule has 1 aliphatic rings. The predicted octanol–water partition coefficient (Wildman–Crippen LogP) is 2.59. The van der Waals surface area contributed by atoms with Crippen molar-refractivity contribution in [2.75, 3.05) is 13.7 Å². The third kappa shape index (κ3) is 4.01. The van der Waals surface area contributed by atoms with Gasteiger partial charge in [0.05, 0.1) is 29.5 Å². The normalized spacial score (nSPS) is 15.8. The summed E-state index contributed by atoms with van der Waals surface area (Å²) in [6.45, 7) is 4.30. The number of carbonyl (C=O) groups excluding carboxylic acids is 1. The summed E-state index contributed by atoms with van der Waals surface area (Å²) in [5, 5.41) is 0. The van der Waals surface area contributed by atoms with Gasteiger partial charge in [-0.1, -0.05) is 42.5 Å². The second-order valence-electron chi connectivity index (χ2n) is 7.25. The Morgan fingerprint density at radius 1 is 1.25 bits per heavy atom. The van der Waals surface area contributed by atoms with Gasteiger partial charge in [-0.05, 0) is 37.1 Å². The first-order valence-electron chi connectivity index (χ1n) is 10.3. The molecule has 2 aromatic heterocycles. The number of hydrogen-bond acceptors (Lipinski definition) is 7. The summed E-state index contributed by atoms with van der Waals surface area (Å²) in [4.78, 5) is 35.5. The van der Waals surface area contributed by atoms with Crippen LogP contribution >= 0.6 is 11.3 Å². The number of fused-ring (bicyclic) bond motifs is 1. The van der Waals surface area contributed by atoms with Crippen LogP contribution in [0.1, 0.15) is 37.4 Å². The fourth-order valence-corrected chi connectivity index (χ4v) is 4.70. The number of esters is 1. The molecule has 1 aliphatic heterocycles. The maximum Gasteiger partial charge on any atom is 0.338 e. The van der Waals surface area contributed by atoms with E-state index in [2.05, 4.69) is 9.98 Å². The van der Waals surface area contributed by atoms with Crippen molar-refractivity contribution >= 4 is 23.4 Å². The van der Waals surface area contributed by atoms with E-state index in [1.54, 1.807) is 30.0 Å². The third-order valence-corrected chi connectivity index (χ3v) is 6.07. The number of pyridine rings is 1. The number of allylic oxidation sites excluding steroid dienone is 1. The number of ether oxygens (including phenoxy) is 2. The van der Waals surface area contributed by atoms with E-state index in [1.165, 1.54) is 18.4 Å². The monoisotopic (exact) mass is 449 g/mol. The van der Waals surface area contributed by atoms with Gasteiger partial charge in [-0.3, -0.25) is 14.3 Å². The highest BCUT2D eigenvalue weighted by molar-refractivity contribution is 7.07. The Balaban J connectivity index is 1.98. The average molecular weight is 450 g/mol. The standard InChI is InChI=1S/C24H23N3O4S/c1-4-12-31-18-10-6-5-9-17(18)21-20(23(29)30-3)15(2)26-24-27(21)22(28)19(32-24)13-16-8-7-11-25-14-16/h5-11,13-14,21H,4,12H2,1-3H3/b19-13+. The van der Waals surface area contributed by atoms with Gasteiger partial charge in [0.25, 0.3) is 5.56 Å². The van der Waals surface area contributed by atoms with Crippen molar-refractivity contribution in [3.8, 4) is 5.75 Å². The minimum Gasteiger partial charge on any atom is -0.493 e. The first-order valence-corrected chi connectivity index (χ1v) is 11.1. The number of nitrogens with zero attached hydrogens (tertiary/aromatic N) is 3. The van der Waals surface area contributed by atoms with Gasteiger partial charge in [-0.2, -0.15) is 0 Å². The van der Waals surface area contributed by atoms with Gasteiger partial charge in [-0.25, -0.2) is 9.79 Å². The lowest BCUT2D eigenvalue weighted by molar-refractivity contribution is -0.136. The highest BCUT2D eigenvalue weighted by Gasteiger charge is 2.34. The van der Waals surface area contributed by atoms with Gasteiger partial charge in [0, 0.05) is 18.0 Å². The molecule has 0 N–H and O–H groups in total. The second kappa shape index (κ2) is 9.32. The van der Waals surface area contributed by atoms with E-state index < -0.39 is 12.0 Å². The lowest BCUT2D eigenvalue weighted by Crippen LogP contribution is -2.40. The zero-order valence-corrected chi connectivity index (χ0v) is 18.9. The number of aromatic nitrogens is 2. The summed E-state index contributed by atoms with van der Waals surface area (Å²) >= 11 is 1.28. The molecule has 0 spiro atoms. The quantitative estimate of drug-likeness (QED) is 0.540. The van der Waals surface area contributed by atoms with Crippen LogP contribution < -0.4 is 19.6 Å². The molecule has 3 aromatic rings.